The molecule has 2 N–H and O–H groups in total. The molecule has 160 valence electrons. The molecule has 0 saturated carbocycles. The second kappa shape index (κ2) is 8.28. The van der Waals surface area contributed by atoms with Crippen LogP contribution in [0.3, 0.4) is 0 Å². The van der Waals surface area contributed by atoms with Crippen molar-refractivity contribution in [2.24, 2.45) is 5.73 Å². The molecule has 0 unspecified atom stereocenters. The number of nitrogens with two attached hydrogens (primary N) is 1. The summed E-state index contributed by atoms with van der Waals surface area (Å²) in [5, 5.41) is 8.79. The van der Waals surface area contributed by atoms with Gasteiger partial charge in [0.15, 0.2) is 11.6 Å². The van der Waals surface area contributed by atoms with E-state index in [-0.39, 0.29) is 28.4 Å². The van der Waals surface area contributed by atoms with Crippen LogP contribution in [0.2, 0.25) is 5.02 Å². The third kappa shape index (κ3) is 4.62. The lowest BCUT2D eigenvalue weighted by molar-refractivity contribution is -0.137. The van der Waals surface area contributed by atoms with Crippen molar-refractivity contribution < 1.29 is 27.1 Å². The average molecular weight is 453 g/mol. The number of alkyl halides is 3. The second-order valence-corrected chi connectivity index (χ2v) is 6.86. The van der Waals surface area contributed by atoms with Gasteiger partial charge in [0.2, 0.25) is 0 Å². The predicted octanol–water partition coefficient (Wildman–Crippen LogP) is 4.81. The van der Waals surface area contributed by atoms with Crippen LogP contribution in [-0.2, 0) is 12.7 Å². The summed E-state index contributed by atoms with van der Waals surface area (Å²) in [6.45, 7) is 1.43. The number of benzene rings is 2. The first kappa shape index (κ1) is 22.1. The fraction of sp³-hybridized carbons (Fsp3) is 0.150. The lowest BCUT2D eigenvalue weighted by Crippen LogP contribution is -2.18. The number of hydrogen-bond acceptors (Lipinski definition) is 4. The zero-order valence-corrected chi connectivity index (χ0v) is 16.6. The first-order valence-corrected chi connectivity index (χ1v) is 8.98. The van der Waals surface area contributed by atoms with E-state index in [1.165, 1.54) is 22.9 Å². The van der Waals surface area contributed by atoms with Crippen molar-refractivity contribution in [3.05, 3.63) is 75.6 Å². The van der Waals surface area contributed by atoms with Gasteiger partial charge in [-0.15, -0.1) is 0 Å². The first-order valence-electron chi connectivity index (χ1n) is 8.60. The number of carbonyl (C=O) groups excluding carboxylic acids is 1. The number of carbonyl (C=O) groups is 1. The van der Waals surface area contributed by atoms with Crippen molar-refractivity contribution in [3.8, 4) is 17.6 Å². The number of nitrogens with zero attached hydrogens (tertiary/aromatic N) is 3. The Balaban J connectivity index is 2.02. The van der Waals surface area contributed by atoms with Crippen LogP contribution in [0.1, 0.15) is 33.0 Å². The molecular weight excluding hydrogens is 440 g/mol. The highest BCUT2D eigenvalue weighted by Crippen LogP contribution is 2.37. The molecule has 0 fully saturated rings. The molecular formula is C20H13ClF4N4O2. The van der Waals surface area contributed by atoms with Crippen LogP contribution in [0.4, 0.5) is 17.6 Å². The molecule has 1 amide bonds. The van der Waals surface area contributed by atoms with Crippen molar-refractivity contribution in [1.29, 1.82) is 5.26 Å². The normalized spacial score (nSPS) is 11.3. The van der Waals surface area contributed by atoms with Gasteiger partial charge < -0.3 is 15.0 Å². The molecule has 3 aromatic rings. The van der Waals surface area contributed by atoms with Gasteiger partial charge in [-0.1, -0.05) is 17.7 Å². The molecule has 6 nitrogen and oxygen atoms in total. The van der Waals surface area contributed by atoms with E-state index in [2.05, 4.69) is 4.98 Å². The summed E-state index contributed by atoms with van der Waals surface area (Å²) < 4.78 is 61.1. The van der Waals surface area contributed by atoms with E-state index >= 15 is 4.39 Å². The van der Waals surface area contributed by atoms with Crippen LogP contribution in [-0.4, -0.2) is 15.5 Å². The summed E-state index contributed by atoms with van der Waals surface area (Å²) in [5.41, 5.74) is 3.91. The number of primary amides is 1. The van der Waals surface area contributed by atoms with Gasteiger partial charge in [-0.25, -0.2) is 9.37 Å². The van der Waals surface area contributed by atoms with Crippen LogP contribution >= 0.6 is 11.6 Å². The Bertz CT molecular complexity index is 1220. The van der Waals surface area contributed by atoms with Gasteiger partial charge in [0.25, 0.3) is 5.91 Å². The van der Waals surface area contributed by atoms with Crippen molar-refractivity contribution in [2.45, 2.75) is 19.6 Å². The fourth-order valence-electron chi connectivity index (χ4n) is 2.83. The summed E-state index contributed by atoms with van der Waals surface area (Å²) in [6.07, 6.45) is -3.49. The highest BCUT2D eigenvalue weighted by Gasteiger charge is 2.32. The van der Waals surface area contributed by atoms with Crippen LogP contribution in [0.5, 0.6) is 11.5 Å². The number of hydrogen-bond donors (Lipinski definition) is 1. The Morgan fingerprint density at radius 3 is 2.65 bits per heavy atom. The van der Waals surface area contributed by atoms with Crippen LogP contribution < -0.4 is 10.5 Å². The minimum absolute atomic E-state index is 0.0236. The molecule has 0 spiro atoms. The van der Waals surface area contributed by atoms with Crippen LogP contribution in [0, 0.1) is 24.1 Å². The Morgan fingerprint density at radius 2 is 2.03 bits per heavy atom. The monoisotopic (exact) mass is 452 g/mol. The smallest absolute Gasteiger partial charge is 0.416 e. The number of aromatic nitrogens is 2. The summed E-state index contributed by atoms with van der Waals surface area (Å²) in [6, 6.07) is 6.54. The van der Waals surface area contributed by atoms with Gasteiger partial charge in [-0.3, -0.25) is 4.79 Å². The van der Waals surface area contributed by atoms with E-state index in [1.807, 2.05) is 0 Å². The maximum Gasteiger partial charge on any atom is 0.416 e. The number of ether oxygens (including phenoxy) is 1. The van der Waals surface area contributed by atoms with E-state index in [1.54, 1.807) is 13.0 Å². The second-order valence-electron chi connectivity index (χ2n) is 6.45. The summed E-state index contributed by atoms with van der Waals surface area (Å²) >= 11 is 6.00. The Kier molecular flexibility index (Phi) is 5.90. The molecule has 11 heteroatoms. The zero-order chi connectivity index (χ0) is 22.9. The molecule has 3 rings (SSSR count). The van der Waals surface area contributed by atoms with Gasteiger partial charge in [-0.2, -0.15) is 18.4 Å². The zero-order valence-electron chi connectivity index (χ0n) is 15.8. The SMILES string of the molecule is Cc1ncc(C(N)=O)n1Cc1ccc(Cl)c(Oc2cc(C#N)cc(C(F)(F)F)c2)c1F. The summed E-state index contributed by atoms with van der Waals surface area (Å²) in [5.74, 6) is -2.27. The molecule has 0 radical (unpaired) electrons. The largest absolute Gasteiger partial charge is 0.453 e. The highest BCUT2D eigenvalue weighted by molar-refractivity contribution is 6.32. The van der Waals surface area contributed by atoms with E-state index in [4.69, 9.17) is 27.3 Å². The third-order valence-corrected chi connectivity index (χ3v) is 4.65. The van der Waals surface area contributed by atoms with Crippen LogP contribution in [0.25, 0.3) is 0 Å². The third-order valence-electron chi connectivity index (χ3n) is 4.35. The standard InChI is InChI=1S/C20H13ClF4N4O2/c1-10-28-8-16(19(27)30)29(10)9-12-2-3-15(21)18(17(12)22)31-14-5-11(7-26)4-13(6-14)20(23,24)25/h2-6,8H,9H2,1H3,(H2,27,30). The molecule has 1 heterocycles. The molecule has 0 aliphatic heterocycles. The average Bonchev–Trinajstić information content (AvgIpc) is 3.07. The minimum atomic E-state index is -4.74. The predicted molar refractivity (Wildman–Crippen MR) is 102 cm³/mol. The lowest BCUT2D eigenvalue weighted by Gasteiger charge is -2.15. The van der Waals surface area contributed by atoms with Crippen molar-refractivity contribution in [3.63, 3.8) is 0 Å². The van der Waals surface area contributed by atoms with E-state index < -0.39 is 35.0 Å². The van der Waals surface area contributed by atoms with Gasteiger partial charge in [0.1, 0.15) is 17.3 Å². The fourth-order valence-corrected chi connectivity index (χ4v) is 3.01. The first-order chi connectivity index (χ1) is 14.5. The minimum Gasteiger partial charge on any atom is -0.453 e. The van der Waals surface area contributed by atoms with Crippen LogP contribution in [0.15, 0.2) is 36.5 Å². The molecule has 0 aliphatic carbocycles. The number of nitriles is 1. The summed E-state index contributed by atoms with van der Waals surface area (Å²) in [4.78, 5) is 15.5. The Hall–Kier alpha value is -3.58. The Labute approximate surface area is 178 Å². The van der Waals surface area contributed by atoms with Gasteiger partial charge in [-0.05, 0) is 31.2 Å². The number of imidazole rings is 1. The number of rotatable bonds is 5. The van der Waals surface area contributed by atoms with Crippen molar-refractivity contribution in [1.82, 2.24) is 9.55 Å². The molecule has 0 bridgehead atoms. The maximum atomic E-state index is 15.1. The molecule has 0 saturated heterocycles. The maximum absolute atomic E-state index is 15.1. The van der Waals surface area contributed by atoms with Gasteiger partial charge in [0.05, 0.1) is 35.0 Å². The Morgan fingerprint density at radius 1 is 1.32 bits per heavy atom. The van der Waals surface area contributed by atoms with Crippen molar-refractivity contribution >= 4 is 17.5 Å². The van der Waals surface area contributed by atoms with Crippen molar-refractivity contribution in [2.75, 3.05) is 0 Å². The molecule has 2 aromatic carbocycles. The molecule has 0 atom stereocenters. The van der Waals surface area contributed by atoms with Gasteiger partial charge >= 0.3 is 6.18 Å². The molecule has 0 aliphatic rings. The summed E-state index contributed by atoms with van der Waals surface area (Å²) in [7, 11) is 0. The quantitative estimate of drug-likeness (QED) is 0.562. The molecule has 1 aromatic heterocycles. The highest BCUT2D eigenvalue weighted by atomic mass is 35.5. The number of halogens is 5. The van der Waals surface area contributed by atoms with E-state index in [0.29, 0.717) is 18.0 Å². The number of aryl methyl sites for hydroxylation is 1. The lowest BCUT2D eigenvalue weighted by atomic mass is 10.1. The van der Waals surface area contributed by atoms with E-state index in [0.717, 1.165) is 6.07 Å². The van der Waals surface area contributed by atoms with Gasteiger partial charge in [0, 0.05) is 5.56 Å². The van der Waals surface area contributed by atoms with E-state index in [9.17, 15) is 18.0 Å². The number of amides is 1. The molecule has 31 heavy (non-hydrogen) atoms. The topological polar surface area (TPSA) is 93.9 Å².